The normalized spacial score (nSPS) is 29.1. The molecule has 5 aliphatic heterocycles. The van der Waals surface area contributed by atoms with E-state index in [0.717, 1.165) is 11.1 Å². The van der Waals surface area contributed by atoms with E-state index in [4.69, 9.17) is 23.7 Å². The van der Waals surface area contributed by atoms with Crippen LogP contribution in [0.2, 0.25) is 0 Å². The Labute approximate surface area is 304 Å². The first kappa shape index (κ1) is 34.7. The predicted molar refractivity (Wildman–Crippen MR) is 189 cm³/mol. The number of nitrogens with zero attached hydrogens (tertiary/aromatic N) is 1. The monoisotopic (exact) mass is 734 g/mol. The Hall–Kier alpha value is -4.37. The van der Waals surface area contributed by atoms with Crippen molar-refractivity contribution >= 4 is 23.5 Å². The number of piperidine rings is 1. The number of carbonyl (C=O) groups excluding carboxylic acids is 2. The van der Waals surface area contributed by atoms with Crippen molar-refractivity contribution in [3.63, 3.8) is 0 Å². The largest absolute Gasteiger partial charge is 0.507 e. The zero-order chi connectivity index (χ0) is 37.0. The number of likely N-dealkylation sites (N-methyl/N-ethyl adjacent to an activating group) is 1. The van der Waals surface area contributed by atoms with E-state index in [1.54, 1.807) is 31.0 Å². The SMILES string of the molecule is CCc1cc(C)c(OC)c(O)c1C1C2C3SC[C@]4(NCCc5cc(O)c(OC)cc54)C(=O)OC(c4c5c(c(C)c(O)c43)OCO5)C2(O)C(=O)CN1C. The number of thioether (sulfide) groups is 1. The molecule has 13 nitrogen and oxygen atoms in total. The van der Waals surface area contributed by atoms with Crippen molar-refractivity contribution in [3.05, 3.63) is 62.7 Å². The second-order valence-electron chi connectivity index (χ2n) is 14.3. The molecule has 0 aromatic heterocycles. The van der Waals surface area contributed by atoms with Crippen LogP contribution >= 0.6 is 11.8 Å². The van der Waals surface area contributed by atoms with Gasteiger partial charge in [-0.3, -0.25) is 15.0 Å². The van der Waals surface area contributed by atoms with Gasteiger partial charge in [0.05, 0.1) is 26.3 Å². The van der Waals surface area contributed by atoms with Gasteiger partial charge in [0.2, 0.25) is 6.79 Å². The van der Waals surface area contributed by atoms with Gasteiger partial charge in [0.1, 0.15) is 5.75 Å². The standard InChI is InChI=1S/C38H42N2O11S/c1-7-18-10-16(2)31(48-6)30(44)24(18)28-27-34-25-26(33-32(49-15-50-33)17(3)29(25)43)35(38(27,46)23(42)13-40(28)4)51-36(45)37(14-52-34)20-12-22(47-5)21(41)11-19(20)8-9-39-37/h10-12,27-28,34-35,39,41,43-44,46H,7-9,13-15H2,1-6H3/t27?,28?,34?,35?,37-,38?/m1/s1. The number of phenolic OH excluding ortho intramolecular Hbond substituents is 3. The number of aromatic hydroxyl groups is 3. The zero-order valence-electron chi connectivity index (χ0n) is 29.8. The number of fused-ring (bicyclic) bond motifs is 4. The maximum Gasteiger partial charge on any atom is 0.332 e. The van der Waals surface area contributed by atoms with E-state index in [0.29, 0.717) is 47.2 Å². The van der Waals surface area contributed by atoms with Gasteiger partial charge in [-0.25, -0.2) is 4.79 Å². The molecular weight excluding hydrogens is 692 g/mol. The minimum atomic E-state index is -2.36. The number of rotatable bonds is 4. The van der Waals surface area contributed by atoms with Gasteiger partial charge in [0, 0.05) is 46.2 Å². The Bertz CT molecular complexity index is 2050. The summed E-state index contributed by atoms with van der Waals surface area (Å²) in [6.45, 7) is 5.45. The molecule has 2 saturated heterocycles. The van der Waals surface area contributed by atoms with Crippen LogP contribution in [-0.2, 0) is 32.7 Å². The van der Waals surface area contributed by atoms with Crippen molar-refractivity contribution < 1.29 is 53.7 Å². The Morgan fingerprint density at radius 1 is 1.02 bits per heavy atom. The van der Waals surface area contributed by atoms with Crippen LogP contribution in [0, 0.1) is 19.8 Å². The van der Waals surface area contributed by atoms with Gasteiger partial charge in [-0.1, -0.05) is 13.0 Å². The highest BCUT2D eigenvalue weighted by Crippen LogP contribution is 2.68. The minimum Gasteiger partial charge on any atom is -0.507 e. The van der Waals surface area contributed by atoms with Crippen molar-refractivity contribution in [2.24, 2.45) is 5.92 Å². The highest BCUT2D eigenvalue weighted by molar-refractivity contribution is 7.99. The average Bonchev–Trinajstić information content (AvgIpc) is 3.63. The van der Waals surface area contributed by atoms with Gasteiger partial charge in [0.15, 0.2) is 57.5 Å². The van der Waals surface area contributed by atoms with Gasteiger partial charge < -0.3 is 44.1 Å². The Morgan fingerprint density at radius 3 is 2.48 bits per heavy atom. The number of benzene rings is 3. The topological polar surface area (TPSA) is 176 Å². The third kappa shape index (κ3) is 4.47. The highest BCUT2D eigenvalue weighted by atomic mass is 32.2. The van der Waals surface area contributed by atoms with Crippen LogP contribution in [0.4, 0.5) is 0 Å². The zero-order valence-corrected chi connectivity index (χ0v) is 30.6. The summed E-state index contributed by atoms with van der Waals surface area (Å²) in [5.74, 6) is -1.81. The molecule has 6 aliphatic rings. The first-order chi connectivity index (χ1) is 24.8. The summed E-state index contributed by atoms with van der Waals surface area (Å²) in [6.07, 6.45) is -0.626. The van der Waals surface area contributed by atoms with Crippen LogP contribution in [0.15, 0.2) is 18.2 Å². The van der Waals surface area contributed by atoms with Crippen LogP contribution in [0.3, 0.4) is 0 Å². The molecule has 5 N–H and O–H groups in total. The molecule has 6 atom stereocenters. The number of nitrogens with one attached hydrogen (secondary N) is 1. The molecule has 5 unspecified atom stereocenters. The van der Waals surface area contributed by atoms with Gasteiger partial charge >= 0.3 is 5.97 Å². The fourth-order valence-electron chi connectivity index (χ4n) is 9.29. The van der Waals surface area contributed by atoms with Crippen molar-refractivity contribution in [2.75, 3.05) is 46.9 Å². The maximum atomic E-state index is 15.0. The molecule has 276 valence electrons. The van der Waals surface area contributed by atoms with Gasteiger partial charge in [-0.2, -0.15) is 11.8 Å². The lowest BCUT2D eigenvalue weighted by molar-refractivity contribution is -0.201. The van der Waals surface area contributed by atoms with Gasteiger partial charge in [-0.05, 0) is 68.1 Å². The van der Waals surface area contributed by atoms with E-state index >= 15 is 0 Å². The molecule has 0 saturated carbocycles. The minimum absolute atomic E-state index is 0.0392. The average molecular weight is 735 g/mol. The summed E-state index contributed by atoms with van der Waals surface area (Å²) in [6, 6.07) is 4.32. The van der Waals surface area contributed by atoms with Crippen LogP contribution in [0.1, 0.15) is 68.8 Å². The van der Waals surface area contributed by atoms with E-state index in [9.17, 15) is 30.0 Å². The number of carbonyl (C=O) groups is 2. The summed E-state index contributed by atoms with van der Waals surface area (Å²) in [5, 5.41) is 50.6. The molecule has 1 aliphatic carbocycles. The Balaban J connectivity index is 1.43. The Kier molecular flexibility index (Phi) is 8.07. The van der Waals surface area contributed by atoms with E-state index < -0.39 is 46.2 Å². The second kappa shape index (κ2) is 12.1. The molecular formula is C38H42N2O11S. The number of hydrogen-bond donors (Lipinski definition) is 5. The van der Waals surface area contributed by atoms with Crippen LogP contribution in [-0.4, -0.2) is 89.6 Å². The Morgan fingerprint density at radius 2 is 1.77 bits per heavy atom. The molecule has 1 spiro atoms. The van der Waals surface area contributed by atoms with E-state index in [1.807, 2.05) is 19.9 Å². The number of likely N-dealkylation sites (tertiary alicyclic amines) is 1. The smallest absolute Gasteiger partial charge is 0.332 e. The summed E-state index contributed by atoms with van der Waals surface area (Å²) in [4.78, 5) is 31.4. The molecule has 14 heteroatoms. The van der Waals surface area contributed by atoms with Crippen molar-refractivity contribution in [2.45, 2.75) is 62.1 Å². The number of hydrogen-bond acceptors (Lipinski definition) is 14. The quantitative estimate of drug-likeness (QED) is 0.245. The molecule has 2 bridgehead atoms. The third-order valence-electron chi connectivity index (χ3n) is 11.7. The highest BCUT2D eigenvalue weighted by Gasteiger charge is 2.68. The van der Waals surface area contributed by atoms with Crippen LogP contribution < -0.4 is 24.3 Å². The lowest BCUT2D eigenvalue weighted by Crippen LogP contribution is -2.65. The predicted octanol–water partition coefficient (Wildman–Crippen LogP) is 3.76. The number of phenols is 3. The molecule has 3 aromatic rings. The lowest BCUT2D eigenvalue weighted by atomic mass is 9.61. The van der Waals surface area contributed by atoms with Crippen LogP contribution in [0.25, 0.3) is 0 Å². The number of aliphatic hydroxyl groups is 1. The van der Waals surface area contributed by atoms with Crippen molar-refractivity contribution in [1.29, 1.82) is 0 Å². The second-order valence-corrected chi connectivity index (χ2v) is 15.4. The molecule has 5 heterocycles. The van der Waals surface area contributed by atoms with E-state index in [-0.39, 0.29) is 64.9 Å². The van der Waals surface area contributed by atoms with Crippen molar-refractivity contribution in [1.82, 2.24) is 10.2 Å². The molecule has 0 amide bonds. The van der Waals surface area contributed by atoms with Gasteiger partial charge in [0.25, 0.3) is 0 Å². The number of methoxy groups -OCH3 is 2. The molecule has 9 rings (SSSR count). The first-order valence-electron chi connectivity index (χ1n) is 17.3. The maximum absolute atomic E-state index is 15.0. The number of ketones is 1. The fraction of sp³-hybridized carbons (Fsp3) is 0.474. The number of ether oxygens (including phenoxy) is 5. The molecule has 52 heavy (non-hydrogen) atoms. The number of aryl methyl sites for hydroxylation is 2. The van der Waals surface area contributed by atoms with Crippen molar-refractivity contribution in [3.8, 4) is 40.2 Å². The summed E-state index contributed by atoms with van der Waals surface area (Å²) >= 11 is 1.29. The number of esters is 1. The summed E-state index contributed by atoms with van der Waals surface area (Å²) in [5.41, 5.74) is 0.315. The summed E-state index contributed by atoms with van der Waals surface area (Å²) in [7, 11) is 4.66. The number of Topliss-reactive ketones (excluding diaryl/α,β-unsaturated/α-hetero) is 1. The van der Waals surface area contributed by atoms with Crippen LogP contribution in [0.5, 0.6) is 40.2 Å². The lowest BCUT2D eigenvalue weighted by Gasteiger charge is -2.55. The summed E-state index contributed by atoms with van der Waals surface area (Å²) < 4.78 is 29.5. The van der Waals surface area contributed by atoms with E-state index in [2.05, 4.69) is 5.32 Å². The molecule has 3 aromatic carbocycles. The fourth-order valence-corrected chi connectivity index (χ4v) is 11.1. The van der Waals surface area contributed by atoms with E-state index in [1.165, 1.54) is 26.0 Å². The molecule has 0 radical (unpaired) electrons. The molecule has 2 fully saturated rings. The first-order valence-corrected chi connectivity index (χ1v) is 18.4. The van der Waals surface area contributed by atoms with Gasteiger partial charge in [-0.15, -0.1) is 0 Å². The third-order valence-corrected chi connectivity index (χ3v) is 13.2.